The van der Waals surface area contributed by atoms with Crippen LogP contribution in [-0.2, 0) is 4.79 Å². The summed E-state index contributed by atoms with van der Waals surface area (Å²) >= 11 is 0. The second kappa shape index (κ2) is 3.09. The van der Waals surface area contributed by atoms with Crippen molar-refractivity contribution in [3.05, 3.63) is 24.3 Å². The minimum absolute atomic E-state index is 0.382. The smallest absolute Gasteiger partial charge is 0.140 e. The minimum atomic E-state index is 0.382. The van der Waals surface area contributed by atoms with Crippen LogP contribution in [0.15, 0.2) is 24.3 Å². The van der Waals surface area contributed by atoms with Gasteiger partial charge >= 0.3 is 0 Å². The van der Waals surface area contributed by atoms with E-state index in [0.717, 1.165) is 24.7 Å². The van der Waals surface area contributed by atoms with Crippen LogP contribution < -0.4 is 0 Å². The van der Waals surface area contributed by atoms with Gasteiger partial charge in [-0.05, 0) is 49.4 Å². The van der Waals surface area contributed by atoms with Gasteiger partial charge in [-0.25, -0.2) is 0 Å². The molecule has 0 aliphatic heterocycles. The molecule has 4 bridgehead atoms. The van der Waals surface area contributed by atoms with Gasteiger partial charge in [0.25, 0.3) is 0 Å². The van der Waals surface area contributed by atoms with Crippen LogP contribution in [0.2, 0.25) is 0 Å². The third-order valence-electron chi connectivity index (χ3n) is 5.29. The quantitative estimate of drug-likeness (QED) is 0.646. The maximum Gasteiger partial charge on any atom is 0.140 e. The molecule has 4 aliphatic carbocycles. The van der Waals surface area contributed by atoms with Gasteiger partial charge in [0.2, 0.25) is 0 Å². The fraction of sp³-hybridized carbons (Fsp3) is 0.667. The summed E-state index contributed by atoms with van der Waals surface area (Å²) in [5.41, 5.74) is 0. The first-order valence-electron chi connectivity index (χ1n) is 6.71. The van der Waals surface area contributed by atoms with E-state index in [9.17, 15) is 4.79 Å². The molecule has 0 radical (unpaired) electrons. The average Bonchev–Trinajstić information content (AvgIpc) is 3.06. The van der Waals surface area contributed by atoms with Crippen molar-refractivity contribution in [3.63, 3.8) is 0 Å². The summed E-state index contributed by atoms with van der Waals surface area (Å²) in [6, 6.07) is 0. The molecular weight excluding hydrogens is 196 g/mol. The third kappa shape index (κ3) is 1.15. The summed E-state index contributed by atoms with van der Waals surface area (Å²) in [6.07, 6.45) is 14.1. The zero-order valence-electron chi connectivity index (χ0n) is 9.51. The van der Waals surface area contributed by atoms with Crippen molar-refractivity contribution in [1.82, 2.24) is 0 Å². The van der Waals surface area contributed by atoms with Crippen molar-refractivity contribution in [2.45, 2.75) is 25.7 Å². The number of rotatable bonds is 2. The van der Waals surface area contributed by atoms with Crippen molar-refractivity contribution < 1.29 is 4.79 Å². The van der Waals surface area contributed by atoms with E-state index in [1.807, 2.05) is 0 Å². The fourth-order valence-electron chi connectivity index (χ4n) is 4.49. The van der Waals surface area contributed by atoms with Gasteiger partial charge in [0.05, 0.1) is 0 Å². The van der Waals surface area contributed by atoms with Gasteiger partial charge in [0.15, 0.2) is 0 Å². The van der Waals surface area contributed by atoms with E-state index in [4.69, 9.17) is 0 Å². The van der Waals surface area contributed by atoms with Crippen LogP contribution in [0.1, 0.15) is 25.7 Å². The van der Waals surface area contributed by atoms with Crippen LogP contribution in [0, 0.1) is 35.5 Å². The van der Waals surface area contributed by atoms with Crippen molar-refractivity contribution in [2.75, 3.05) is 0 Å². The fourth-order valence-corrected chi connectivity index (χ4v) is 4.49. The molecule has 4 aliphatic rings. The van der Waals surface area contributed by atoms with Gasteiger partial charge in [0, 0.05) is 11.8 Å². The van der Waals surface area contributed by atoms with Gasteiger partial charge in [-0.15, -0.1) is 0 Å². The first kappa shape index (κ1) is 9.21. The molecule has 1 nitrogen and oxygen atoms in total. The largest absolute Gasteiger partial charge is 0.299 e. The highest BCUT2D eigenvalue weighted by Gasteiger charge is 2.46. The molecule has 4 rings (SSSR count). The highest BCUT2D eigenvalue weighted by molar-refractivity contribution is 5.85. The second-order valence-electron chi connectivity index (χ2n) is 6.18. The molecule has 0 amide bonds. The highest BCUT2D eigenvalue weighted by atomic mass is 16.1. The zero-order valence-corrected chi connectivity index (χ0v) is 9.51. The lowest BCUT2D eigenvalue weighted by atomic mass is 9.79. The molecule has 16 heavy (non-hydrogen) atoms. The number of fused-ring (bicyclic) bond motifs is 4. The van der Waals surface area contributed by atoms with Crippen molar-refractivity contribution in [3.8, 4) is 0 Å². The standard InChI is InChI=1S/C15H18O/c16-15(13-7-9-1-3-11(13)5-9)14-8-10-2-4-12(14)6-10/h1-4,9-14H,5-8H2/t9-,10+,11+,12-,13+,14-. The van der Waals surface area contributed by atoms with Gasteiger partial charge in [-0.2, -0.15) is 0 Å². The monoisotopic (exact) mass is 214 g/mol. The lowest BCUT2D eigenvalue weighted by Gasteiger charge is -2.24. The highest BCUT2D eigenvalue weighted by Crippen LogP contribution is 2.50. The Morgan fingerprint density at radius 2 is 1.25 bits per heavy atom. The second-order valence-corrected chi connectivity index (χ2v) is 6.18. The van der Waals surface area contributed by atoms with E-state index < -0.39 is 0 Å². The van der Waals surface area contributed by atoms with Gasteiger partial charge in [0.1, 0.15) is 5.78 Å². The first-order valence-corrected chi connectivity index (χ1v) is 6.71. The molecule has 0 aromatic rings. The summed E-state index contributed by atoms with van der Waals surface area (Å²) in [4.78, 5) is 12.6. The Morgan fingerprint density at radius 3 is 1.56 bits per heavy atom. The molecule has 0 heterocycles. The van der Waals surface area contributed by atoms with Gasteiger partial charge < -0.3 is 0 Å². The van der Waals surface area contributed by atoms with Gasteiger partial charge in [-0.3, -0.25) is 4.79 Å². The molecule has 1 heteroatoms. The number of allylic oxidation sites excluding steroid dienone is 4. The van der Waals surface area contributed by atoms with E-state index >= 15 is 0 Å². The SMILES string of the molecule is O=C([C@H]1C[C@@H]2C=C[C@H]1C2)[C@@H]1C[C@H]2C=C[C@@H]1C2. The van der Waals surface area contributed by atoms with E-state index in [1.54, 1.807) is 0 Å². The maximum absolute atomic E-state index is 12.6. The Labute approximate surface area is 96.6 Å². The lowest BCUT2D eigenvalue weighted by molar-refractivity contribution is -0.128. The Morgan fingerprint density at radius 1 is 0.750 bits per heavy atom. The molecule has 84 valence electrons. The summed E-state index contributed by atoms with van der Waals surface area (Å²) in [5, 5.41) is 0. The topological polar surface area (TPSA) is 17.1 Å². The van der Waals surface area contributed by atoms with E-state index in [-0.39, 0.29) is 0 Å². The van der Waals surface area contributed by atoms with Crippen molar-refractivity contribution >= 4 is 5.78 Å². The van der Waals surface area contributed by atoms with Crippen molar-refractivity contribution in [1.29, 1.82) is 0 Å². The molecule has 0 N–H and O–H groups in total. The number of carbonyl (C=O) groups excluding carboxylic acids is 1. The molecule has 2 saturated carbocycles. The Hall–Kier alpha value is -0.850. The minimum Gasteiger partial charge on any atom is -0.299 e. The normalized spacial score (nSPS) is 51.8. The molecule has 2 fully saturated rings. The summed E-state index contributed by atoms with van der Waals surface area (Å²) in [6.45, 7) is 0. The zero-order chi connectivity index (χ0) is 10.7. The molecule has 6 atom stereocenters. The van der Waals surface area contributed by atoms with E-state index in [1.165, 1.54) is 12.8 Å². The molecule has 0 saturated heterocycles. The molecule has 0 aromatic carbocycles. The van der Waals surface area contributed by atoms with Crippen molar-refractivity contribution in [2.24, 2.45) is 35.5 Å². The Balaban J connectivity index is 1.54. The Kier molecular flexibility index (Phi) is 1.78. The number of Topliss-reactive ketones (excluding diaryl/α,β-unsaturated/α-hetero) is 1. The van der Waals surface area contributed by atoms with Crippen LogP contribution in [0.4, 0.5) is 0 Å². The lowest BCUT2D eigenvalue weighted by Crippen LogP contribution is -2.29. The molecule has 0 spiro atoms. The van der Waals surface area contributed by atoms with Crippen LogP contribution in [0.5, 0.6) is 0 Å². The van der Waals surface area contributed by atoms with E-state index in [2.05, 4.69) is 24.3 Å². The Bertz CT molecular complexity index is 356. The number of hydrogen-bond acceptors (Lipinski definition) is 1. The first-order chi connectivity index (χ1) is 7.81. The summed E-state index contributed by atoms with van der Waals surface area (Å²) in [5.74, 6) is 4.02. The third-order valence-corrected chi connectivity index (χ3v) is 5.29. The molecule has 0 aromatic heterocycles. The molecule has 0 unspecified atom stereocenters. The average molecular weight is 214 g/mol. The van der Waals surface area contributed by atoms with Crippen LogP contribution in [0.3, 0.4) is 0 Å². The number of hydrogen-bond donors (Lipinski definition) is 0. The number of ketones is 1. The number of carbonyl (C=O) groups is 1. The van der Waals surface area contributed by atoms with Crippen LogP contribution in [0.25, 0.3) is 0 Å². The van der Waals surface area contributed by atoms with Gasteiger partial charge in [-0.1, -0.05) is 24.3 Å². The summed E-state index contributed by atoms with van der Waals surface area (Å²) < 4.78 is 0. The summed E-state index contributed by atoms with van der Waals surface area (Å²) in [7, 11) is 0. The maximum atomic E-state index is 12.6. The molecular formula is C15H18O. The van der Waals surface area contributed by atoms with Crippen LogP contribution >= 0.6 is 0 Å². The predicted molar refractivity (Wildman–Crippen MR) is 62.7 cm³/mol. The predicted octanol–water partition coefficient (Wildman–Crippen LogP) is 2.98. The van der Waals surface area contributed by atoms with Crippen LogP contribution in [-0.4, -0.2) is 5.78 Å². The van der Waals surface area contributed by atoms with E-state index in [0.29, 0.717) is 29.5 Å².